The third-order valence-electron chi connectivity index (χ3n) is 4.00. The number of carbonyl (C=O) groups is 2. The molecule has 10 heteroatoms. The van der Waals surface area contributed by atoms with Crippen LogP contribution in [0.25, 0.3) is 0 Å². The van der Waals surface area contributed by atoms with E-state index in [2.05, 4.69) is 15.6 Å². The summed E-state index contributed by atoms with van der Waals surface area (Å²) < 4.78 is 6.60. The van der Waals surface area contributed by atoms with Crippen molar-refractivity contribution >= 4 is 73.7 Å². The highest BCUT2D eigenvalue weighted by Crippen LogP contribution is 2.28. The van der Waals surface area contributed by atoms with Crippen LogP contribution in [-0.2, 0) is 22.6 Å². The number of hydrogen-bond acceptors (Lipinski definition) is 6. The lowest BCUT2D eigenvalue weighted by molar-refractivity contribution is -0.118. The van der Waals surface area contributed by atoms with Crippen molar-refractivity contribution in [2.75, 3.05) is 5.32 Å². The van der Waals surface area contributed by atoms with E-state index in [0.29, 0.717) is 12.3 Å². The van der Waals surface area contributed by atoms with E-state index >= 15 is 0 Å². The molecule has 30 heavy (non-hydrogen) atoms. The van der Waals surface area contributed by atoms with Crippen LogP contribution in [0.15, 0.2) is 54.0 Å². The first kappa shape index (κ1) is 22.7. The van der Waals surface area contributed by atoms with Crippen molar-refractivity contribution in [1.82, 2.24) is 10.3 Å². The maximum Gasteiger partial charge on any atom is 0.408 e. The number of hydrogen-bond donors (Lipinski definition) is 3. The number of rotatable bonds is 7. The summed E-state index contributed by atoms with van der Waals surface area (Å²) in [6.07, 6.45) is 1.12. The monoisotopic (exact) mass is 649 g/mol. The van der Waals surface area contributed by atoms with E-state index in [4.69, 9.17) is 4.74 Å². The molecule has 1 atom stereocenters. The van der Waals surface area contributed by atoms with Gasteiger partial charge in [0.25, 0.3) is 0 Å². The maximum atomic E-state index is 12.8. The Hall–Kier alpha value is -1.93. The zero-order valence-corrected chi connectivity index (χ0v) is 20.6. The molecule has 2 aromatic carbocycles. The SMILES string of the molecule is O=C(N[C@@H](Cc1cc(I)c(O)c(I)c1)C(=O)Nc1nccs1)OCc1ccccc1. The molecule has 0 fully saturated rings. The second kappa shape index (κ2) is 10.9. The summed E-state index contributed by atoms with van der Waals surface area (Å²) in [7, 11) is 0. The molecule has 0 saturated carbocycles. The van der Waals surface area contributed by atoms with E-state index < -0.39 is 18.0 Å². The summed E-state index contributed by atoms with van der Waals surface area (Å²) in [6.45, 7) is 0.0997. The van der Waals surface area contributed by atoms with Crippen LogP contribution in [0.4, 0.5) is 9.93 Å². The highest BCUT2D eigenvalue weighted by molar-refractivity contribution is 14.1. The fourth-order valence-corrected chi connectivity index (χ4v) is 4.99. The summed E-state index contributed by atoms with van der Waals surface area (Å²) in [5.41, 5.74) is 1.64. The predicted octanol–water partition coefficient (Wildman–Crippen LogP) is 4.53. The Bertz CT molecular complexity index is 993. The number of aromatic hydroxyl groups is 1. The summed E-state index contributed by atoms with van der Waals surface area (Å²) in [4.78, 5) is 29.2. The first-order chi connectivity index (χ1) is 14.4. The van der Waals surface area contributed by atoms with Gasteiger partial charge in [-0.05, 0) is 68.4 Å². The first-order valence-electron chi connectivity index (χ1n) is 8.77. The quantitative estimate of drug-likeness (QED) is 0.327. The van der Waals surface area contributed by atoms with Gasteiger partial charge in [-0.25, -0.2) is 9.78 Å². The van der Waals surface area contributed by atoms with Crippen LogP contribution in [0.1, 0.15) is 11.1 Å². The van der Waals surface area contributed by atoms with Crippen LogP contribution in [0, 0.1) is 7.14 Å². The van der Waals surface area contributed by atoms with Crippen LogP contribution < -0.4 is 10.6 Å². The molecule has 3 aromatic rings. The molecule has 3 rings (SSSR count). The molecule has 1 aromatic heterocycles. The Balaban J connectivity index is 1.71. The molecule has 1 heterocycles. The molecular weight excluding hydrogens is 632 g/mol. The van der Waals surface area contributed by atoms with Crippen molar-refractivity contribution < 1.29 is 19.4 Å². The van der Waals surface area contributed by atoms with Gasteiger partial charge in [0.1, 0.15) is 18.4 Å². The first-order valence-corrected chi connectivity index (χ1v) is 11.8. The van der Waals surface area contributed by atoms with Crippen molar-refractivity contribution in [2.24, 2.45) is 0 Å². The number of benzene rings is 2. The molecule has 0 aliphatic rings. The summed E-state index contributed by atoms with van der Waals surface area (Å²) in [5.74, 6) is -0.210. The summed E-state index contributed by atoms with van der Waals surface area (Å²) in [6, 6.07) is 12.0. The number of nitrogens with zero attached hydrogens (tertiary/aromatic N) is 1. The molecule has 0 radical (unpaired) electrons. The predicted molar refractivity (Wildman–Crippen MR) is 132 cm³/mol. The third-order valence-corrected chi connectivity index (χ3v) is 6.33. The van der Waals surface area contributed by atoms with Gasteiger partial charge in [0.05, 0.1) is 7.14 Å². The maximum absolute atomic E-state index is 12.8. The second-order valence-corrected chi connectivity index (χ2v) is 9.42. The fourth-order valence-electron chi connectivity index (χ4n) is 2.57. The van der Waals surface area contributed by atoms with Crippen molar-refractivity contribution in [1.29, 1.82) is 0 Å². The molecule has 0 aliphatic carbocycles. The molecular formula is C20H17I2N3O4S. The van der Waals surface area contributed by atoms with Crippen molar-refractivity contribution in [3.05, 3.63) is 72.3 Å². The van der Waals surface area contributed by atoms with E-state index in [0.717, 1.165) is 11.1 Å². The van der Waals surface area contributed by atoms with Gasteiger partial charge in [-0.3, -0.25) is 4.79 Å². The van der Waals surface area contributed by atoms with Gasteiger partial charge in [0, 0.05) is 18.0 Å². The Labute approximate surface area is 204 Å². The minimum atomic E-state index is -0.881. The molecule has 2 amide bonds. The van der Waals surface area contributed by atoms with E-state index in [9.17, 15) is 14.7 Å². The number of phenolic OH excluding ortho intramolecular Hbond substituents is 1. The van der Waals surface area contributed by atoms with Gasteiger partial charge in [0.15, 0.2) is 5.13 Å². The number of aromatic nitrogens is 1. The topological polar surface area (TPSA) is 101 Å². The number of phenols is 1. The van der Waals surface area contributed by atoms with Crippen LogP contribution in [0.5, 0.6) is 5.75 Å². The minimum Gasteiger partial charge on any atom is -0.506 e. The largest absolute Gasteiger partial charge is 0.506 e. The van der Waals surface area contributed by atoms with Crippen LogP contribution in [-0.4, -0.2) is 28.1 Å². The van der Waals surface area contributed by atoms with Gasteiger partial charge >= 0.3 is 6.09 Å². The van der Waals surface area contributed by atoms with Crippen LogP contribution in [0.3, 0.4) is 0 Å². The van der Waals surface area contributed by atoms with E-state index in [1.807, 2.05) is 75.5 Å². The van der Waals surface area contributed by atoms with Gasteiger partial charge in [-0.2, -0.15) is 0 Å². The Kier molecular flexibility index (Phi) is 8.27. The minimum absolute atomic E-state index is 0.0997. The number of nitrogens with one attached hydrogen (secondary N) is 2. The number of thiazole rings is 1. The highest BCUT2D eigenvalue weighted by Gasteiger charge is 2.23. The Morgan fingerprint density at radius 1 is 1.13 bits per heavy atom. The van der Waals surface area contributed by atoms with Crippen molar-refractivity contribution in [3.63, 3.8) is 0 Å². The highest BCUT2D eigenvalue weighted by atomic mass is 127. The number of anilines is 1. The van der Waals surface area contributed by atoms with Crippen molar-refractivity contribution in [3.8, 4) is 5.75 Å². The zero-order chi connectivity index (χ0) is 21.5. The average Bonchev–Trinajstić information content (AvgIpc) is 3.23. The lowest BCUT2D eigenvalue weighted by atomic mass is 10.1. The zero-order valence-electron chi connectivity index (χ0n) is 15.5. The van der Waals surface area contributed by atoms with Gasteiger partial charge < -0.3 is 20.5 Å². The van der Waals surface area contributed by atoms with Gasteiger partial charge in [-0.15, -0.1) is 11.3 Å². The smallest absolute Gasteiger partial charge is 0.408 e. The van der Waals surface area contributed by atoms with Gasteiger partial charge in [-0.1, -0.05) is 30.3 Å². The molecule has 7 nitrogen and oxygen atoms in total. The number of halogens is 2. The fraction of sp³-hybridized carbons (Fsp3) is 0.150. The third kappa shape index (κ3) is 6.54. The molecule has 0 bridgehead atoms. The molecule has 0 saturated heterocycles. The Morgan fingerprint density at radius 3 is 2.47 bits per heavy atom. The average molecular weight is 649 g/mol. The summed E-state index contributed by atoms with van der Waals surface area (Å²) >= 11 is 5.34. The lowest BCUT2D eigenvalue weighted by Gasteiger charge is -2.18. The van der Waals surface area contributed by atoms with E-state index in [-0.39, 0.29) is 18.8 Å². The molecule has 0 aliphatic heterocycles. The molecule has 156 valence electrons. The molecule has 0 spiro atoms. The second-order valence-electron chi connectivity index (χ2n) is 6.20. The molecule has 3 N–H and O–H groups in total. The van der Waals surface area contributed by atoms with Crippen molar-refractivity contribution in [2.45, 2.75) is 19.1 Å². The standard InChI is InChI=1S/C20H17I2N3O4S/c21-14-8-13(9-15(22)17(14)26)10-16(18(27)25-19-23-6-7-30-19)24-20(28)29-11-12-4-2-1-3-5-12/h1-9,16,26H,10-11H2,(H,24,28)(H,23,25,27)/t16-/m0/s1. The lowest BCUT2D eigenvalue weighted by Crippen LogP contribution is -2.45. The van der Waals surface area contributed by atoms with Crippen LogP contribution in [0.2, 0.25) is 0 Å². The number of ether oxygens (including phenoxy) is 1. The number of amides is 2. The number of alkyl carbamates (subject to hydrolysis) is 1. The normalized spacial score (nSPS) is 11.5. The van der Waals surface area contributed by atoms with E-state index in [1.165, 1.54) is 11.3 Å². The van der Waals surface area contributed by atoms with Gasteiger partial charge in [0.2, 0.25) is 5.91 Å². The number of carbonyl (C=O) groups excluding carboxylic acids is 2. The van der Waals surface area contributed by atoms with E-state index in [1.54, 1.807) is 23.7 Å². The molecule has 0 unspecified atom stereocenters. The Morgan fingerprint density at radius 2 is 1.83 bits per heavy atom. The summed E-state index contributed by atoms with van der Waals surface area (Å²) in [5, 5.41) is 17.5. The van der Waals surface area contributed by atoms with Crippen LogP contribution >= 0.6 is 56.5 Å².